The second kappa shape index (κ2) is 6.88. The molecule has 110 valence electrons. The minimum Gasteiger partial charge on any atom is -0.493 e. The summed E-state index contributed by atoms with van der Waals surface area (Å²) in [6, 6.07) is 0. The zero-order chi connectivity index (χ0) is 14.6. The van der Waals surface area contributed by atoms with Crippen LogP contribution in [0.4, 0.5) is 0 Å². The van der Waals surface area contributed by atoms with Gasteiger partial charge in [0.1, 0.15) is 11.8 Å². The number of aromatic nitrogens is 2. The van der Waals surface area contributed by atoms with Gasteiger partial charge in [-0.2, -0.15) is 5.10 Å². The van der Waals surface area contributed by atoms with Gasteiger partial charge in [-0.1, -0.05) is 13.8 Å². The zero-order valence-electron chi connectivity index (χ0n) is 12.4. The maximum absolute atomic E-state index is 10.3. The molecule has 0 amide bonds. The van der Waals surface area contributed by atoms with E-state index in [1.54, 1.807) is 10.9 Å². The third kappa shape index (κ3) is 3.92. The van der Waals surface area contributed by atoms with Crippen LogP contribution in [0.5, 0.6) is 5.75 Å². The first-order chi connectivity index (χ1) is 8.88. The highest BCUT2D eigenvalue weighted by atomic mass is 16.5. The first-order valence-corrected chi connectivity index (χ1v) is 6.49. The van der Waals surface area contributed by atoms with Crippen molar-refractivity contribution in [3.05, 3.63) is 11.9 Å². The molecule has 2 atom stereocenters. The zero-order valence-corrected chi connectivity index (χ0v) is 12.4. The van der Waals surface area contributed by atoms with Crippen molar-refractivity contribution >= 4 is 0 Å². The van der Waals surface area contributed by atoms with Crippen LogP contribution in [0.25, 0.3) is 0 Å². The van der Waals surface area contributed by atoms with Gasteiger partial charge in [-0.25, -0.2) is 0 Å². The van der Waals surface area contributed by atoms with E-state index in [-0.39, 0.29) is 5.92 Å². The van der Waals surface area contributed by atoms with Gasteiger partial charge in [-0.15, -0.1) is 0 Å². The Labute approximate surface area is 114 Å². The van der Waals surface area contributed by atoms with E-state index in [4.69, 9.17) is 4.74 Å². The van der Waals surface area contributed by atoms with Crippen LogP contribution in [0.15, 0.2) is 6.20 Å². The summed E-state index contributed by atoms with van der Waals surface area (Å²) in [4.78, 5) is 2.03. The van der Waals surface area contributed by atoms with Crippen molar-refractivity contribution in [2.75, 3.05) is 27.7 Å². The molecule has 6 heteroatoms. The summed E-state index contributed by atoms with van der Waals surface area (Å²) in [6.45, 7) is 5.15. The van der Waals surface area contributed by atoms with Crippen molar-refractivity contribution < 1.29 is 14.9 Å². The summed E-state index contributed by atoms with van der Waals surface area (Å²) in [5, 5.41) is 24.5. The Morgan fingerprint density at radius 1 is 1.37 bits per heavy atom. The number of hydrogen-bond acceptors (Lipinski definition) is 5. The minimum atomic E-state index is -1.00. The van der Waals surface area contributed by atoms with E-state index in [1.165, 1.54) is 7.11 Å². The lowest BCUT2D eigenvalue weighted by molar-refractivity contribution is -0.0153. The van der Waals surface area contributed by atoms with Crippen molar-refractivity contribution in [3.8, 4) is 5.75 Å². The fourth-order valence-corrected chi connectivity index (χ4v) is 1.83. The molecule has 2 N–H and O–H groups in total. The molecule has 1 aromatic heterocycles. The largest absolute Gasteiger partial charge is 0.493 e. The van der Waals surface area contributed by atoms with Gasteiger partial charge in [-0.3, -0.25) is 4.68 Å². The average Bonchev–Trinajstić information content (AvgIpc) is 2.77. The molecule has 0 aromatic carbocycles. The topological polar surface area (TPSA) is 70.8 Å². The molecule has 0 aliphatic carbocycles. The van der Waals surface area contributed by atoms with E-state index in [1.807, 2.05) is 32.8 Å². The second-order valence-corrected chi connectivity index (χ2v) is 5.30. The summed E-state index contributed by atoms with van der Waals surface area (Å²) < 4.78 is 6.91. The molecule has 2 unspecified atom stereocenters. The van der Waals surface area contributed by atoms with Gasteiger partial charge in [0.2, 0.25) is 0 Å². The molecule has 0 saturated carbocycles. The van der Waals surface area contributed by atoms with Crippen LogP contribution in [0.1, 0.15) is 25.6 Å². The number of likely N-dealkylation sites (N-methyl/N-ethyl adjacent to an activating group) is 1. The first-order valence-electron chi connectivity index (χ1n) is 6.49. The Bertz CT molecular complexity index is 390. The van der Waals surface area contributed by atoms with Gasteiger partial charge in [0.25, 0.3) is 0 Å². The molecule has 0 saturated heterocycles. The quantitative estimate of drug-likeness (QED) is 0.756. The van der Waals surface area contributed by atoms with Gasteiger partial charge in [0, 0.05) is 6.54 Å². The molecule has 19 heavy (non-hydrogen) atoms. The van der Waals surface area contributed by atoms with Crippen LogP contribution < -0.4 is 4.74 Å². The normalized spacial score (nSPS) is 15.0. The summed E-state index contributed by atoms with van der Waals surface area (Å²) in [6.07, 6.45) is -0.273. The molecule has 0 fully saturated rings. The molecule has 6 nitrogen and oxygen atoms in total. The SMILES string of the molecule is COc1cnn(CCN(C)C)c1C(O)C(O)C(C)C. The number of aliphatic hydroxyl groups excluding tert-OH is 2. The smallest absolute Gasteiger partial charge is 0.162 e. The molecule has 0 bridgehead atoms. The highest BCUT2D eigenvalue weighted by Gasteiger charge is 2.28. The third-order valence-corrected chi connectivity index (χ3v) is 3.11. The Morgan fingerprint density at radius 2 is 2.00 bits per heavy atom. The van der Waals surface area contributed by atoms with Crippen LogP contribution >= 0.6 is 0 Å². The van der Waals surface area contributed by atoms with Crippen LogP contribution in [-0.2, 0) is 6.54 Å². The minimum absolute atomic E-state index is 0.0445. The number of methoxy groups -OCH3 is 1. The van der Waals surface area contributed by atoms with Gasteiger partial charge >= 0.3 is 0 Å². The molecular formula is C13H25N3O3. The van der Waals surface area contributed by atoms with E-state index in [9.17, 15) is 10.2 Å². The summed E-state index contributed by atoms with van der Waals surface area (Å²) in [5.74, 6) is 0.461. The third-order valence-electron chi connectivity index (χ3n) is 3.11. The first kappa shape index (κ1) is 15.9. The van der Waals surface area contributed by atoms with Gasteiger partial charge in [0.05, 0.1) is 26.0 Å². The summed E-state index contributed by atoms with van der Waals surface area (Å²) in [7, 11) is 5.48. The van der Waals surface area contributed by atoms with Crippen molar-refractivity contribution in [1.82, 2.24) is 14.7 Å². The summed E-state index contributed by atoms with van der Waals surface area (Å²) >= 11 is 0. The molecule has 0 spiro atoms. The fourth-order valence-electron chi connectivity index (χ4n) is 1.83. The van der Waals surface area contributed by atoms with Crippen LogP contribution in [0.2, 0.25) is 0 Å². The van der Waals surface area contributed by atoms with E-state index in [2.05, 4.69) is 5.10 Å². The van der Waals surface area contributed by atoms with E-state index < -0.39 is 12.2 Å². The molecule has 0 aliphatic heterocycles. The molecule has 0 radical (unpaired) electrons. The standard InChI is InChI=1S/C13H25N3O3/c1-9(2)12(17)13(18)11-10(19-5)8-14-16(11)7-6-15(3)4/h8-9,12-13,17-18H,6-7H2,1-5H3. The van der Waals surface area contributed by atoms with E-state index >= 15 is 0 Å². The lowest BCUT2D eigenvalue weighted by atomic mass is 9.99. The molecule has 1 rings (SSSR count). The van der Waals surface area contributed by atoms with E-state index in [0.717, 1.165) is 6.54 Å². The van der Waals surface area contributed by atoms with Crippen molar-refractivity contribution in [2.24, 2.45) is 5.92 Å². The number of ether oxygens (including phenoxy) is 1. The summed E-state index contributed by atoms with van der Waals surface area (Å²) in [5.41, 5.74) is 0.533. The highest BCUT2D eigenvalue weighted by Crippen LogP contribution is 2.29. The maximum atomic E-state index is 10.3. The Morgan fingerprint density at radius 3 is 2.47 bits per heavy atom. The van der Waals surface area contributed by atoms with Crippen molar-refractivity contribution in [1.29, 1.82) is 0 Å². The van der Waals surface area contributed by atoms with Gasteiger partial charge in [0.15, 0.2) is 5.75 Å². The monoisotopic (exact) mass is 271 g/mol. The lowest BCUT2D eigenvalue weighted by Crippen LogP contribution is -2.28. The van der Waals surface area contributed by atoms with Gasteiger partial charge in [-0.05, 0) is 20.0 Å². The van der Waals surface area contributed by atoms with Crippen LogP contribution in [0.3, 0.4) is 0 Å². The molecular weight excluding hydrogens is 246 g/mol. The number of hydrogen-bond donors (Lipinski definition) is 2. The Kier molecular flexibility index (Phi) is 5.78. The molecule has 1 aromatic rings. The predicted molar refractivity (Wildman–Crippen MR) is 73.1 cm³/mol. The Hall–Kier alpha value is -1.11. The van der Waals surface area contributed by atoms with Crippen LogP contribution in [0, 0.1) is 5.92 Å². The number of rotatable bonds is 7. The predicted octanol–water partition coefficient (Wildman–Crippen LogP) is 0.504. The van der Waals surface area contributed by atoms with Crippen LogP contribution in [-0.4, -0.2) is 58.7 Å². The van der Waals surface area contributed by atoms with Crippen molar-refractivity contribution in [2.45, 2.75) is 32.6 Å². The fraction of sp³-hybridized carbons (Fsp3) is 0.769. The number of aliphatic hydroxyl groups is 2. The Balaban J connectivity index is 2.98. The average molecular weight is 271 g/mol. The number of nitrogens with zero attached hydrogens (tertiary/aromatic N) is 3. The molecule has 0 aliphatic rings. The lowest BCUT2D eigenvalue weighted by Gasteiger charge is -2.23. The van der Waals surface area contributed by atoms with Gasteiger partial charge < -0.3 is 19.8 Å². The second-order valence-electron chi connectivity index (χ2n) is 5.30. The van der Waals surface area contributed by atoms with E-state index in [0.29, 0.717) is 18.0 Å². The maximum Gasteiger partial charge on any atom is 0.162 e. The highest BCUT2D eigenvalue weighted by molar-refractivity contribution is 5.28. The van der Waals surface area contributed by atoms with Crippen molar-refractivity contribution in [3.63, 3.8) is 0 Å². The molecule has 1 heterocycles.